The Hall–Kier alpha value is -1.15. The Balaban J connectivity index is 2.49. The van der Waals surface area contributed by atoms with Crippen LogP contribution in [0.3, 0.4) is 0 Å². The molecule has 1 aromatic carbocycles. The largest absolute Gasteiger partial charge is 0.303 e. The zero-order chi connectivity index (χ0) is 13.8. The fourth-order valence-electron chi connectivity index (χ4n) is 1.90. The number of ketones is 1. The summed E-state index contributed by atoms with van der Waals surface area (Å²) in [7, 11) is 2.09. The molecular weight excluding hydrogens is 222 g/mol. The first kappa shape index (κ1) is 14.9. The molecule has 2 nitrogen and oxygen atoms in total. The van der Waals surface area contributed by atoms with E-state index in [2.05, 4.69) is 39.6 Å². The average Bonchev–Trinajstić information content (AvgIpc) is 2.34. The first-order chi connectivity index (χ1) is 8.32. The van der Waals surface area contributed by atoms with Gasteiger partial charge in [-0.05, 0) is 19.4 Å². The summed E-state index contributed by atoms with van der Waals surface area (Å²) in [5.41, 5.74) is 1.05. The lowest BCUT2D eigenvalue weighted by Crippen LogP contribution is -2.40. The molecule has 0 N–H and O–H groups in total. The number of rotatable bonds is 5. The molecule has 0 spiro atoms. The predicted molar refractivity (Wildman–Crippen MR) is 76.9 cm³/mol. The number of benzene rings is 1. The molecule has 0 amide bonds. The molecule has 0 aliphatic rings. The zero-order valence-electron chi connectivity index (χ0n) is 12.2. The summed E-state index contributed by atoms with van der Waals surface area (Å²) >= 11 is 0. The third-order valence-electron chi connectivity index (χ3n) is 3.70. The van der Waals surface area contributed by atoms with Crippen molar-refractivity contribution >= 4 is 5.78 Å². The fraction of sp³-hybridized carbons (Fsp3) is 0.562. The highest BCUT2D eigenvalue weighted by molar-refractivity contribution is 5.96. The quantitative estimate of drug-likeness (QED) is 0.741. The standard InChI is InChI=1S/C16H25NO/c1-13(16(2,3)4)17(5)12-11-15(18)14-9-7-6-8-10-14/h6-10,13H,11-12H2,1-5H3. The molecule has 18 heavy (non-hydrogen) atoms. The fourth-order valence-corrected chi connectivity index (χ4v) is 1.90. The summed E-state index contributed by atoms with van der Waals surface area (Å²) in [5, 5.41) is 0. The maximum Gasteiger partial charge on any atom is 0.164 e. The van der Waals surface area contributed by atoms with E-state index in [1.54, 1.807) is 0 Å². The van der Waals surface area contributed by atoms with Gasteiger partial charge >= 0.3 is 0 Å². The van der Waals surface area contributed by atoms with Gasteiger partial charge in [0.05, 0.1) is 0 Å². The third kappa shape index (κ3) is 4.26. The van der Waals surface area contributed by atoms with Crippen LogP contribution in [0.15, 0.2) is 30.3 Å². The molecule has 1 unspecified atom stereocenters. The summed E-state index contributed by atoms with van der Waals surface area (Å²) in [6, 6.07) is 9.99. The van der Waals surface area contributed by atoms with Gasteiger partial charge in [0, 0.05) is 24.6 Å². The number of carbonyl (C=O) groups is 1. The normalized spacial score (nSPS) is 13.7. The molecule has 0 bridgehead atoms. The van der Waals surface area contributed by atoms with E-state index in [-0.39, 0.29) is 11.2 Å². The van der Waals surface area contributed by atoms with Crippen molar-refractivity contribution in [2.24, 2.45) is 5.41 Å². The predicted octanol–water partition coefficient (Wildman–Crippen LogP) is 3.63. The number of hydrogen-bond donors (Lipinski definition) is 0. The second-order valence-corrected chi connectivity index (χ2v) is 6.06. The number of hydrogen-bond acceptors (Lipinski definition) is 2. The third-order valence-corrected chi connectivity index (χ3v) is 3.70. The molecule has 0 heterocycles. The van der Waals surface area contributed by atoms with E-state index in [1.165, 1.54) is 0 Å². The average molecular weight is 247 g/mol. The minimum atomic E-state index is 0.226. The highest BCUT2D eigenvalue weighted by Crippen LogP contribution is 2.23. The summed E-state index contributed by atoms with van der Waals surface area (Å²) in [6.07, 6.45) is 0.584. The van der Waals surface area contributed by atoms with Crippen LogP contribution in [0.2, 0.25) is 0 Å². The van der Waals surface area contributed by atoms with Crippen molar-refractivity contribution in [1.29, 1.82) is 0 Å². The molecule has 1 aromatic rings. The van der Waals surface area contributed by atoms with Crippen LogP contribution in [0.25, 0.3) is 0 Å². The molecule has 0 aliphatic carbocycles. The first-order valence-corrected chi connectivity index (χ1v) is 6.61. The molecule has 0 saturated heterocycles. The van der Waals surface area contributed by atoms with E-state index >= 15 is 0 Å². The van der Waals surface area contributed by atoms with Crippen molar-refractivity contribution in [3.8, 4) is 0 Å². The SMILES string of the molecule is CC(N(C)CCC(=O)c1ccccc1)C(C)(C)C. The lowest BCUT2D eigenvalue weighted by Gasteiger charge is -2.35. The van der Waals surface area contributed by atoms with E-state index in [4.69, 9.17) is 0 Å². The Morgan fingerprint density at radius 3 is 2.28 bits per heavy atom. The van der Waals surface area contributed by atoms with Crippen molar-refractivity contribution in [3.05, 3.63) is 35.9 Å². The summed E-state index contributed by atoms with van der Waals surface area (Å²) < 4.78 is 0. The number of nitrogens with zero attached hydrogens (tertiary/aromatic N) is 1. The smallest absolute Gasteiger partial charge is 0.164 e. The maximum atomic E-state index is 12.0. The summed E-state index contributed by atoms with van der Waals surface area (Å²) in [4.78, 5) is 14.3. The van der Waals surface area contributed by atoms with Crippen LogP contribution in [-0.2, 0) is 0 Å². The Morgan fingerprint density at radius 2 is 1.78 bits per heavy atom. The first-order valence-electron chi connectivity index (χ1n) is 6.61. The summed E-state index contributed by atoms with van der Waals surface area (Å²) in [6.45, 7) is 9.71. The van der Waals surface area contributed by atoms with Crippen LogP contribution in [0.4, 0.5) is 0 Å². The second kappa shape index (κ2) is 6.14. The Kier molecular flexibility index (Phi) is 5.09. The Morgan fingerprint density at radius 1 is 1.22 bits per heavy atom. The molecule has 1 rings (SSSR count). The van der Waals surface area contributed by atoms with Crippen molar-refractivity contribution < 1.29 is 4.79 Å². The minimum Gasteiger partial charge on any atom is -0.303 e. The second-order valence-electron chi connectivity index (χ2n) is 6.06. The van der Waals surface area contributed by atoms with Crippen molar-refractivity contribution in [2.75, 3.05) is 13.6 Å². The van der Waals surface area contributed by atoms with Gasteiger partial charge in [0.2, 0.25) is 0 Å². The summed E-state index contributed by atoms with van der Waals surface area (Å²) in [5.74, 6) is 0.226. The molecule has 1 atom stereocenters. The molecule has 0 aromatic heterocycles. The van der Waals surface area contributed by atoms with Crippen LogP contribution >= 0.6 is 0 Å². The van der Waals surface area contributed by atoms with Crippen molar-refractivity contribution in [1.82, 2.24) is 4.90 Å². The molecule has 0 radical (unpaired) electrons. The van der Waals surface area contributed by atoms with Crippen molar-refractivity contribution in [3.63, 3.8) is 0 Å². The van der Waals surface area contributed by atoms with Gasteiger partial charge in [-0.25, -0.2) is 0 Å². The van der Waals surface area contributed by atoms with Gasteiger partial charge in [-0.2, -0.15) is 0 Å². The molecule has 0 aliphatic heterocycles. The van der Waals surface area contributed by atoms with Gasteiger partial charge < -0.3 is 4.90 Å². The van der Waals surface area contributed by atoms with Gasteiger partial charge in [-0.15, -0.1) is 0 Å². The van der Waals surface area contributed by atoms with E-state index in [1.807, 2.05) is 30.3 Å². The van der Waals surface area contributed by atoms with E-state index in [9.17, 15) is 4.79 Å². The molecular formula is C16H25NO. The molecule has 2 heteroatoms. The van der Waals surface area contributed by atoms with Gasteiger partial charge in [-0.3, -0.25) is 4.79 Å². The topological polar surface area (TPSA) is 20.3 Å². The van der Waals surface area contributed by atoms with E-state index in [0.717, 1.165) is 12.1 Å². The zero-order valence-corrected chi connectivity index (χ0v) is 12.2. The Labute approximate surface area is 111 Å². The van der Waals surface area contributed by atoms with E-state index < -0.39 is 0 Å². The Bertz CT molecular complexity index is 378. The lowest BCUT2D eigenvalue weighted by atomic mass is 9.87. The van der Waals surface area contributed by atoms with Gasteiger partial charge in [0.15, 0.2) is 5.78 Å². The van der Waals surface area contributed by atoms with Crippen LogP contribution in [0.5, 0.6) is 0 Å². The minimum absolute atomic E-state index is 0.226. The monoisotopic (exact) mass is 247 g/mol. The maximum absolute atomic E-state index is 12.0. The van der Waals surface area contributed by atoms with Crippen LogP contribution in [0, 0.1) is 5.41 Å². The van der Waals surface area contributed by atoms with Crippen LogP contribution < -0.4 is 0 Å². The van der Waals surface area contributed by atoms with Gasteiger partial charge in [-0.1, -0.05) is 51.1 Å². The molecule has 0 fully saturated rings. The van der Waals surface area contributed by atoms with Gasteiger partial charge in [0.25, 0.3) is 0 Å². The highest BCUT2D eigenvalue weighted by atomic mass is 16.1. The van der Waals surface area contributed by atoms with E-state index in [0.29, 0.717) is 12.5 Å². The highest BCUT2D eigenvalue weighted by Gasteiger charge is 2.23. The lowest BCUT2D eigenvalue weighted by molar-refractivity contribution is 0.0928. The molecule has 0 saturated carbocycles. The number of carbonyl (C=O) groups excluding carboxylic acids is 1. The molecule has 100 valence electrons. The van der Waals surface area contributed by atoms with Crippen LogP contribution in [0.1, 0.15) is 44.5 Å². The van der Waals surface area contributed by atoms with Gasteiger partial charge in [0.1, 0.15) is 0 Å². The number of Topliss-reactive ketones (excluding diaryl/α,β-unsaturated/α-hetero) is 1. The van der Waals surface area contributed by atoms with Crippen LogP contribution in [-0.4, -0.2) is 30.3 Å². The van der Waals surface area contributed by atoms with Crippen molar-refractivity contribution in [2.45, 2.75) is 40.2 Å².